The second kappa shape index (κ2) is 7.05. The van der Waals surface area contributed by atoms with Gasteiger partial charge in [-0.15, -0.1) is 0 Å². The second-order valence-corrected chi connectivity index (χ2v) is 6.34. The molecule has 0 fully saturated rings. The zero-order chi connectivity index (χ0) is 17.1. The molecule has 1 heterocycles. The minimum atomic E-state index is -0.508. The van der Waals surface area contributed by atoms with Gasteiger partial charge < -0.3 is 15.2 Å². The summed E-state index contributed by atoms with van der Waals surface area (Å²) in [5.74, 6) is 0.667. The molecule has 0 saturated carbocycles. The van der Waals surface area contributed by atoms with Crippen molar-refractivity contribution < 1.29 is 14.6 Å². The van der Waals surface area contributed by atoms with Gasteiger partial charge in [0.15, 0.2) is 6.10 Å². The second-order valence-electron chi connectivity index (χ2n) is 6.34. The van der Waals surface area contributed by atoms with Gasteiger partial charge in [0.2, 0.25) is 0 Å². The monoisotopic (exact) mass is 325 g/mol. The van der Waals surface area contributed by atoms with Crippen LogP contribution in [0.5, 0.6) is 5.75 Å². The molecule has 0 aliphatic carbocycles. The Hall–Kier alpha value is -2.33. The Kier molecular flexibility index (Phi) is 4.86. The van der Waals surface area contributed by atoms with Crippen molar-refractivity contribution in [2.45, 2.75) is 38.8 Å². The summed E-state index contributed by atoms with van der Waals surface area (Å²) in [6, 6.07) is 13.6. The number of hydrogen-bond donors (Lipinski definition) is 2. The highest BCUT2D eigenvalue weighted by atomic mass is 16.5. The Morgan fingerprint density at radius 3 is 2.67 bits per heavy atom. The lowest BCUT2D eigenvalue weighted by atomic mass is 10.0. The highest BCUT2D eigenvalue weighted by molar-refractivity contribution is 5.83. The Bertz CT molecular complexity index is 696. The lowest BCUT2D eigenvalue weighted by molar-refractivity contribution is -0.128. The number of aliphatic hydroxyl groups is 1. The first-order valence-corrected chi connectivity index (χ1v) is 8.31. The van der Waals surface area contributed by atoms with Gasteiger partial charge >= 0.3 is 0 Å². The number of carbonyl (C=O) groups excluding carboxylic acids is 1. The maximum Gasteiger partial charge on any atom is 0.261 e. The number of carbonyl (C=O) groups is 1. The van der Waals surface area contributed by atoms with Crippen molar-refractivity contribution in [3.63, 3.8) is 0 Å². The van der Waals surface area contributed by atoms with Crippen molar-refractivity contribution in [2.75, 3.05) is 6.61 Å². The molecule has 2 aromatic carbocycles. The maximum absolute atomic E-state index is 12.6. The van der Waals surface area contributed by atoms with E-state index in [-0.39, 0.29) is 18.6 Å². The van der Waals surface area contributed by atoms with Crippen LogP contribution in [0.3, 0.4) is 0 Å². The highest BCUT2D eigenvalue weighted by Gasteiger charge is 2.30. The smallest absolute Gasteiger partial charge is 0.261 e. The van der Waals surface area contributed by atoms with Crippen molar-refractivity contribution >= 4 is 5.91 Å². The van der Waals surface area contributed by atoms with E-state index in [1.165, 1.54) is 5.56 Å². The number of nitrogens with one attached hydrogen (secondary N) is 1. The van der Waals surface area contributed by atoms with Gasteiger partial charge in [0.1, 0.15) is 5.75 Å². The molecule has 4 nitrogen and oxygen atoms in total. The van der Waals surface area contributed by atoms with Crippen LogP contribution in [0.4, 0.5) is 0 Å². The Morgan fingerprint density at radius 1 is 1.25 bits per heavy atom. The van der Waals surface area contributed by atoms with E-state index in [4.69, 9.17) is 4.74 Å². The molecule has 126 valence electrons. The number of aliphatic hydroxyl groups excluding tert-OH is 1. The number of amides is 1. The fraction of sp³-hybridized carbons (Fsp3) is 0.350. The van der Waals surface area contributed by atoms with Crippen LogP contribution in [0.25, 0.3) is 0 Å². The van der Waals surface area contributed by atoms with Gasteiger partial charge in [-0.05, 0) is 48.6 Å². The average molecular weight is 325 g/mol. The minimum Gasteiger partial charge on any atom is -0.480 e. The maximum atomic E-state index is 12.6. The number of benzene rings is 2. The molecule has 2 N–H and O–H groups in total. The third-order valence-corrected chi connectivity index (χ3v) is 4.58. The van der Waals surface area contributed by atoms with Crippen LogP contribution >= 0.6 is 0 Å². The van der Waals surface area contributed by atoms with E-state index in [0.717, 1.165) is 22.4 Å². The van der Waals surface area contributed by atoms with Gasteiger partial charge in [-0.25, -0.2) is 0 Å². The highest BCUT2D eigenvalue weighted by Crippen LogP contribution is 2.32. The molecule has 1 aliphatic heterocycles. The zero-order valence-electron chi connectivity index (χ0n) is 14.1. The summed E-state index contributed by atoms with van der Waals surface area (Å²) >= 11 is 0. The van der Waals surface area contributed by atoms with E-state index >= 15 is 0 Å². The molecule has 3 rings (SSSR count). The number of ether oxygens (including phenoxy) is 1. The third-order valence-electron chi connectivity index (χ3n) is 4.58. The molecule has 0 spiro atoms. The quantitative estimate of drug-likeness (QED) is 0.889. The topological polar surface area (TPSA) is 58.6 Å². The first-order valence-electron chi connectivity index (χ1n) is 8.31. The number of hydrogen-bond acceptors (Lipinski definition) is 3. The van der Waals surface area contributed by atoms with Crippen LogP contribution in [0, 0.1) is 13.8 Å². The number of fused-ring (bicyclic) bond motifs is 1. The van der Waals surface area contributed by atoms with Crippen molar-refractivity contribution in [2.24, 2.45) is 0 Å². The average Bonchev–Trinajstić information content (AvgIpc) is 2.98. The van der Waals surface area contributed by atoms with E-state index in [0.29, 0.717) is 12.8 Å². The molecular weight excluding hydrogens is 302 g/mol. The SMILES string of the molecule is Cc1cc2c(cc1C)OC(C(=O)NC(CCO)c1ccccc1)C2. The molecule has 0 aromatic heterocycles. The summed E-state index contributed by atoms with van der Waals surface area (Å²) < 4.78 is 5.84. The lowest BCUT2D eigenvalue weighted by Crippen LogP contribution is -2.39. The molecule has 0 saturated heterocycles. The fourth-order valence-corrected chi connectivity index (χ4v) is 3.06. The van der Waals surface area contributed by atoms with Gasteiger partial charge in [-0.2, -0.15) is 0 Å². The van der Waals surface area contributed by atoms with Gasteiger partial charge in [0.25, 0.3) is 5.91 Å². The molecule has 1 amide bonds. The molecule has 24 heavy (non-hydrogen) atoms. The Morgan fingerprint density at radius 2 is 1.96 bits per heavy atom. The third kappa shape index (κ3) is 3.44. The van der Waals surface area contributed by atoms with Gasteiger partial charge in [-0.3, -0.25) is 4.79 Å². The first kappa shape index (κ1) is 16.5. The Balaban J connectivity index is 1.71. The van der Waals surface area contributed by atoms with Crippen LogP contribution < -0.4 is 10.1 Å². The lowest BCUT2D eigenvalue weighted by Gasteiger charge is -2.20. The molecule has 2 aromatic rings. The number of aryl methyl sites for hydroxylation is 2. The van der Waals surface area contributed by atoms with E-state index in [2.05, 4.69) is 18.3 Å². The van der Waals surface area contributed by atoms with Crippen LogP contribution in [0.2, 0.25) is 0 Å². The summed E-state index contributed by atoms with van der Waals surface area (Å²) in [6.07, 6.45) is 0.558. The molecule has 4 heteroatoms. The van der Waals surface area contributed by atoms with E-state index < -0.39 is 6.10 Å². The summed E-state index contributed by atoms with van der Waals surface area (Å²) in [5, 5.41) is 12.3. The van der Waals surface area contributed by atoms with Crippen LogP contribution in [-0.2, 0) is 11.2 Å². The fourth-order valence-electron chi connectivity index (χ4n) is 3.06. The predicted octanol–water partition coefficient (Wildman–Crippen LogP) is 2.85. The number of rotatable bonds is 5. The first-order chi connectivity index (χ1) is 11.6. The van der Waals surface area contributed by atoms with E-state index in [1.807, 2.05) is 43.3 Å². The molecular formula is C20H23NO3. The normalized spacial score (nSPS) is 17.0. The standard InChI is InChI=1S/C20H23NO3/c1-13-10-16-12-19(24-18(16)11-14(13)2)20(23)21-17(8-9-22)15-6-4-3-5-7-15/h3-7,10-11,17,19,22H,8-9,12H2,1-2H3,(H,21,23). The van der Waals surface area contributed by atoms with Crippen LogP contribution in [-0.4, -0.2) is 23.7 Å². The van der Waals surface area contributed by atoms with Crippen LogP contribution in [0.15, 0.2) is 42.5 Å². The molecule has 2 unspecified atom stereocenters. The van der Waals surface area contributed by atoms with Gasteiger partial charge in [0.05, 0.1) is 6.04 Å². The largest absolute Gasteiger partial charge is 0.480 e. The molecule has 1 aliphatic rings. The summed E-state index contributed by atoms with van der Waals surface area (Å²) in [7, 11) is 0. The van der Waals surface area contributed by atoms with Crippen molar-refractivity contribution in [3.05, 3.63) is 64.7 Å². The summed E-state index contributed by atoms with van der Waals surface area (Å²) in [5.41, 5.74) is 4.44. The van der Waals surface area contributed by atoms with Gasteiger partial charge in [-0.1, -0.05) is 36.4 Å². The van der Waals surface area contributed by atoms with Crippen molar-refractivity contribution in [1.82, 2.24) is 5.32 Å². The molecule has 2 atom stereocenters. The van der Waals surface area contributed by atoms with E-state index in [1.54, 1.807) is 0 Å². The minimum absolute atomic E-state index is 0.0178. The van der Waals surface area contributed by atoms with Crippen molar-refractivity contribution in [3.8, 4) is 5.75 Å². The van der Waals surface area contributed by atoms with Crippen molar-refractivity contribution in [1.29, 1.82) is 0 Å². The summed E-state index contributed by atoms with van der Waals surface area (Å²) in [4.78, 5) is 12.6. The predicted molar refractivity (Wildman–Crippen MR) is 93.1 cm³/mol. The van der Waals surface area contributed by atoms with E-state index in [9.17, 15) is 9.90 Å². The Labute approximate surface area is 142 Å². The summed E-state index contributed by atoms with van der Waals surface area (Å²) in [6.45, 7) is 4.12. The molecule has 0 bridgehead atoms. The van der Waals surface area contributed by atoms with Crippen LogP contribution in [0.1, 0.15) is 34.7 Å². The zero-order valence-corrected chi connectivity index (χ0v) is 14.1. The van der Waals surface area contributed by atoms with Gasteiger partial charge in [0, 0.05) is 13.0 Å². The molecule has 0 radical (unpaired) electrons.